The number of aromatic nitrogens is 2. The molecule has 0 fully saturated rings. The molecule has 2 heterocycles. The van der Waals surface area contributed by atoms with Gasteiger partial charge in [0.25, 0.3) is 0 Å². The summed E-state index contributed by atoms with van der Waals surface area (Å²) in [5.74, 6) is 1.06. The summed E-state index contributed by atoms with van der Waals surface area (Å²) in [7, 11) is 0. The molecule has 3 rings (SSSR count). The molecule has 0 aliphatic carbocycles. The lowest BCUT2D eigenvalue weighted by Crippen LogP contribution is -1.95. The van der Waals surface area contributed by atoms with E-state index in [1.165, 1.54) is 0 Å². The second kappa shape index (κ2) is 4.61. The number of pyridine rings is 1. The second-order valence-corrected chi connectivity index (χ2v) is 4.05. The van der Waals surface area contributed by atoms with Gasteiger partial charge in [-0.05, 0) is 30.7 Å². The van der Waals surface area contributed by atoms with Gasteiger partial charge in [0, 0.05) is 11.6 Å². The van der Waals surface area contributed by atoms with E-state index in [1.807, 2.05) is 31.2 Å². The number of rotatable bonds is 3. The van der Waals surface area contributed by atoms with Gasteiger partial charge in [0.15, 0.2) is 0 Å². The lowest BCUT2D eigenvalue weighted by atomic mass is 10.0. The molecule has 2 N–H and O–H groups in total. The average Bonchev–Trinajstić information content (AvgIpc) is 2.86. The van der Waals surface area contributed by atoms with Crippen molar-refractivity contribution >= 4 is 16.8 Å². The number of fused-ring (bicyclic) bond motifs is 1. The van der Waals surface area contributed by atoms with Crippen molar-refractivity contribution in [3.63, 3.8) is 0 Å². The van der Waals surface area contributed by atoms with Gasteiger partial charge in [-0.2, -0.15) is 0 Å². The van der Waals surface area contributed by atoms with Crippen LogP contribution in [0.4, 0.5) is 5.88 Å². The lowest BCUT2D eigenvalue weighted by Gasteiger charge is -2.09. The Morgan fingerprint density at radius 1 is 1.26 bits per heavy atom. The molecule has 0 atom stereocenters. The largest absolute Gasteiger partial charge is 0.492 e. The van der Waals surface area contributed by atoms with Crippen molar-refractivity contribution in [1.82, 2.24) is 10.1 Å². The van der Waals surface area contributed by atoms with Crippen LogP contribution in [0, 0.1) is 0 Å². The van der Waals surface area contributed by atoms with Gasteiger partial charge in [0.2, 0.25) is 5.88 Å². The van der Waals surface area contributed by atoms with Crippen LogP contribution in [-0.4, -0.2) is 16.7 Å². The Morgan fingerprint density at radius 3 is 2.89 bits per heavy atom. The van der Waals surface area contributed by atoms with Crippen molar-refractivity contribution < 1.29 is 9.26 Å². The van der Waals surface area contributed by atoms with Crippen LogP contribution >= 0.6 is 0 Å². The molecule has 0 saturated carbocycles. The van der Waals surface area contributed by atoms with E-state index < -0.39 is 0 Å². The van der Waals surface area contributed by atoms with Gasteiger partial charge in [-0.25, -0.2) is 0 Å². The third-order valence-corrected chi connectivity index (χ3v) is 2.92. The highest BCUT2D eigenvalue weighted by Gasteiger charge is 2.13. The third kappa shape index (κ3) is 1.89. The molecule has 0 aliphatic rings. The summed E-state index contributed by atoms with van der Waals surface area (Å²) in [6.45, 7) is 2.54. The van der Waals surface area contributed by atoms with Gasteiger partial charge >= 0.3 is 0 Å². The van der Waals surface area contributed by atoms with Crippen LogP contribution in [0.5, 0.6) is 5.75 Å². The molecule has 2 aromatic heterocycles. The average molecular weight is 255 g/mol. The number of hydrogen-bond donors (Lipinski definition) is 1. The van der Waals surface area contributed by atoms with Crippen LogP contribution in [0.2, 0.25) is 0 Å². The highest BCUT2D eigenvalue weighted by atomic mass is 16.5. The highest BCUT2D eigenvalue weighted by Crippen LogP contribution is 2.35. The normalized spacial score (nSPS) is 10.8. The second-order valence-electron chi connectivity index (χ2n) is 4.05. The van der Waals surface area contributed by atoms with Crippen LogP contribution in [0.15, 0.2) is 41.2 Å². The first-order valence-corrected chi connectivity index (χ1v) is 6.02. The number of hydrogen-bond acceptors (Lipinski definition) is 5. The number of ether oxygens (including phenoxy) is 1. The molecule has 19 heavy (non-hydrogen) atoms. The minimum atomic E-state index is 0.300. The maximum absolute atomic E-state index is 5.78. The quantitative estimate of drug-likeness (QED) is 0.778. The van der Waals surface area contributed by atoms with Crippen molar-refractivity contribution in [1.29, 1.82) is 0 Å². The Balaban J connectivity index is 2.28. The van der Waals surface area contributed by atoms with Gasteiger partial charge in [-0.15, -0.1) is 0 Å². The van der Waals surface area contributed by atoms with Gasteiger partial charge in [0.1, 0.15) is 11.3 Å². The minimum Gasteiger partial charge on any atom is -0.492 e. The smallest absolute Gasteiger partial charge is 0.229 e. The highest BCUT2D eigenvalue weighted by molar-refractivity contribution is 5.99. The van der Waals surface area contributed by atoms with Crippen LogP contribution in [0.25, 0.3) is 22.0 Å². The fraction of sp³-hybridized carbons (Fsp3) is 0.143. The Kier molecular flexibility index (Phi) is 2.79. The van der Waals surface area contributed by atoms with Crippen molar-refractivity contribution in [3.05, 3.63) is 36.7 Å². The predicted molar refractivity (Wildman–Crippen MR) is 72.8 cm³/mol. The Labute approximate surface area is 110 Å². The summed E-state index contributed by atoms with van der Waals surface area (Å²) >= 11 is 0. The predicted octanol–water partition coefficient (Wildman–Crippen LogP) is 2.87. The molecule has 0 aliphatic heterocycles. The van der Waals surface area contributed by atoms with E-state index >= 15 is 0 Å². The molecule has 1 aromatic carbocycles. The zero-order valence-electron chi connectivity index (χ0n) is 10.5. The number of nitrogens with two attached hydrogens (primary N) is 1. The topological polar surface area (TPSA) is 74.2 Å². The van der Waals surface area contributed by atoms with E-state index in [2.05, 4.69) is 10.1 Å². The van der Waals surface area contributed by atoms with E-state index in [0.29, 0.717) is 12.5 Å². The molecule has 0 bridgehead atoms. The molecule has 3 aromatic rings. The molecular formula is C14H13N3O2. The number of nitrogen functional groups attached to an aromatic ring is 1. The van der Waals surface area contributed by atoms with Gasteiger partial charge < -0.3 is 15.0 Å². The van der Waals surface area contributed by atoms with Crippen LogP contribution in [0.1, 0.15) is 6.92 Å². The summed E-state index contributed by atoms with van der Waals surface area (Å²) in [4.78, 5) is 4.38. The van der Waals surface area contributed by atoms with Crippen LogP contribution in [-0.2, 0) is 0 Å². The van der Waals surface area contributed by atoms with Crippen LogP contribution < -0.4 is 10.5 Å². The van der Waals surface area contributed by atoms with Gasteiger partial charge in [-0.1, -0.05) is 11.2 Å². The molecule has 0 amide bonds. The summed E-state index contributed by atoms with van der Waals surface area (Å²) in [5, 5.41) is 4.67. The minimum absolute atomic E-state index is 0.300. The van der Waals surface area contributed by atoms with E-state index in [0.717, 1.165) is 27.8 Å². The Morgan fingerprint density at radius 2 is 2.16 bits per heavy atom. The number of nitrogens with zero attached hydrogens (tertiary/aromatic N) is 2. The zero-order chi connectivity index (χ0) is 13.2. The molecule has 5 nitrogen and oxygen atoms in total. The fourth-order valence-corrected chi connectivity index (χ4v) is 2.10. The maximum atomic E-state index is 5.78. The standard InChI is InChI=1S/C14H13N3O2/c1-2-18-12-6-5-9(11-8-17-19-14(11)15)10-4-3-7-16-13(10)12/h3-8H,2,15H2,1H3. The SMILES string of the molecule is CCOc1ccc(-c2cnoc2N)c2cccnc12. The lowest BCUT2D eigenvalue weighted by molar-refractivity contribution is 0.343. The third-order valence-electron chi connectivity index (χ3n) is 2.92. The Hall–Kier alpha value is -2.56. The van der Waals surface area contributed by atoms with E-state index in [4.69, 9.17) is 15.0 Å². The van der Waals surface area contributed by atoms with Crippen molar-refractivity contribution in [2.24, 2.45) is 0 Å². The molecule has 5 heteroatoms. The molecular weight excluding hydrogens is 242 g/mol. The first kappa shape index (κ1) is 11.5. The molecule has 0 saturated heterocycles. The molecule has 96 valence electrons. The van der Waals surface area contributed by atoms with Gasteiger partial charge in [-0.3, -0.25) is 4.98 Å². The molecule has 0 unspecified atom stereocenters. The van der Waals surface area contributed by atoms with Crippen molar-refractivity contribution in [2.45, 2.75) is 6.92 Å². The summed E-state index contributed by atoms with van der Waals surface area (Å²) in [6, 6.07) is 7.69. The molecule has 0 spiro atoms. The monoisotopic (exact) mass is 255 g/mol. The van der Waals surface area contributed by atoms with Crippen LogP contribution in [0.3, 0.4) is 0 Å². The van der Waals surface area contributed by atoms with E-state index in [9.17, 15) is 0 Å². The molecule has 0 radical (unpaired) electrons. The Bertz CT molecular complexity index is 722. The van der Waals surface area contributed by atoms with Gasteiger partial charge in [0.05, 0.1) is 18.4 Å². The summed E-state index contributed by atoms with van der Waals surface area (Å²) < 4.78 is 10.5. The zero-order valence-corrected chi connectivity index (χ0v) is 10.5. The number of anilines is 1. The summed E-state index contributed by atoms with van der Waals surface area (Å²) in [5.41, 5.74) is 8.29. The van der Waals surface area contributed by atoms with E-state index in [-0.39, 0.29) is 0 Å². The fourth-order valence-electron chi connectivity index (χ4n) is 2.10. The number of benzene rings is 1. The van der Waals surface area contributed by atoms with Crippen molar-refractivity contribution in [3.8, 4) is 16.9 Å². The van der Waals surface area contributed by atoms with E-state index in [1.54, 1.807) is 12.4 Å². The maximum Gasteiger partial charge on any atom is 0.229 e. The first-order valence-electron chi connectivity index (χ1n) is 6.02. The van der Waals surface area contributed by atoms with Crippen molar-refractivity contribution in [2.75, 3.05) is 12.3 Å². The summed E-state index contributed by atoms with van der Waals surface area (Å²) in [6.07, 6.45) is 3.35. The first-order chi connectivity index (χ1) is 9.31.